The summed E-state index contributed by atoms with van der Waals surface area (Å²) in [5.41, 5.74) is 1.69. The second-order valence-corrected chi connectivity index (χ2v) is 6.72. The summed E-state index contributed by atoms with van der Waals surface area (Å²) < 4.78 is 14.7. The molecule has 0 atom stereocenters. The van der Waals surface area contributed by atoms with Gasteiger partial charge < -0.3 is 16.0 Å². The van der Waals surface area contributed by atoms with Crippen LogP contribution in [0.1, 0.15) is 18.4 Å². The fourth-order valence-corrected chi connectivity index (χ4v) is 2.86. The quantitative estimate of drug-likeness (QED) is 0.384. The molecule has 4 N–H and O–H groups in total. The molecule has 10 nitrogen and oxygen atoms in total. The lowest BCUT2D eigenvalue weighted by molar-refractivity contribution is -0.115. The number of imide groups is 1. The fraction of sp³-hybridized carbons (Fsp3) is 0.167. The molecule has 1 aromatic carbocycles. The van der Waals surface area contributed by atoms with Crippen molar-refractivity contribution < 1.29 is 14.0 Å². The maximum Gasteiger partial charge on any atom is 0.326 e. The van der Waals surface area contributed by atoms with Crippen LogP contribution in [0.5, 0.6) is 0 Å². The number of carbonyl (C=O) groups is 2. The van der Waals surface area contributed by atoms with E-state index in [0.29, 0.717) is 28.9 Å². The number of urea groups is 1. The van der Waals surface area contributed by atoms with E-state index in [2.05, 4.69) is 36.3 Å². The second kappa shape index (κ2) is 6.55. The smallest absolute Gasteiger partial charge is 0.326 e. The van der Waals surface area contributed by atoms with Gasteiger partial charge in [0.25, 0.3) is 5.91 Å². The number of nitrogens with one attached hydrogen (secondary N) is 4. The number of amides is 3. The minimum Gasteiger partial charge on any atom is -0.351 e. The van der Waals surface area contributed by atoms with Crippen LogP contribution in [-0.4, -0.2) is 37.6 Å². The van der Waals surface area contributed by atoms with Gasteiger partial charge in [-0.25, -0.2) is 9.18 Å². The maximum atomic E-state index is 13.2. The first kappa shape index (κ1) is 17.1. The lowest BCUT2D eigenvalue weighted by Gasteiger charge is -2.10. The molecular weight excluding hydrogens is 379 g/mol. The lowest BCUT2D eigenvalue weighted by Crippen LogP contribution is -2.22. The fourth-order valence-electron chi connectivity index (χ4n) is 2.86. The molecule has 0 radical (unpaired) electrons. The number of halogens is 1. The second-order valence-electron chi connectivity index (χ2n) is 6.72. The Hall–Kier alpha value is -4.02. The van der Waals surface area contributed by atoms with Crippen LogP contribution in [0.2, 0.25) is 0 Å². The van der Waals surface area contributed by atoms with Gasteiger partial charge in [-0.1, -0.05) is 0 Å². The summed E-state index contributed by atoms with van der Waals surface area (Å²) in [5.74, 6) is -0.0898. The normalized spacial score (nSPS) is 17.5. The van der Waals surface area contributed by atoms with Gasteiger partial charge in [0.2, 0.25) is 11.9 Å². The van der Waals surface area contributed by atoms with Crippen LogP contribution in [0, 0.1) is 5.82 Å². The van der Waals surface area contributed by atoms with Crippen molar-refractivity contribution in [2.45, 2.75) is 18.9 Å². The monoisotopic (exact) mass is 394 g/mol. The van der Waals surface area contributed by atoms with Gasteiger partial charge in [0.1, 0.15) is 11.5 Å². The van der Waals surface area contributed by atoms with Crippen molar-refractivity contribution in [3.8, 4) is 0 Å². The van der Waals surface area contributed by atoms with Crippen LogP contribution in [0.4, 0.5) is 26.8 Å². The Morgan fingerprint density at radius 2 is 1.93 bits per heavy atom. The number of benzene rings is 1. The highest BCUT2D eigenvalue weighted by Gasteiger charge is 2.26. The Labute approximate surface area is 163 Å². The molecule has 3 aromatic rings. The van der Waals surface area contributed by atoms with Crippen molar-refractivity contribution in [2.24, 2.45) is 0 Å². The Morgan fingerprint density at radius 3 is 2.62 bits per heavy atom. The highest BCUT2D eigenvalue weighted by atomic mass is 19.1. The average Bonchev–Trinajstić information content (AvgIpc) is 3.33. The first-order valence-corrected chi connectivity index (χ1v) is 8.94. The van der Waals surface area contributed by atoms with Gasteiger partial charge in [-0.2, -0.15) is 19.6 Å². The molecule has 3 heterocycles. The molecule has 5 rings (SSSR count). The van der Waals surface area contributed by atoms with Gasteiger partial charge in [-0.3, -0.25) is 10.1 Å². The van der Waals surface area contributed by atoms with Crippen molar-refractivity contribution in [1.82, 2.24) is 30.2 Å². The lowest BCUT2D eigenvalue weighted by atomic mass is 10.2. The highest BCUT2D eigenvalue weighted by Crippen LogP contribution is 2.26. The van der Waals surface area contributed by atoms with E-state index in [1.54, 1.807) is 12.1 Å². The minimum atomic E-state index is -0.581. The molecule has 1 aliphatic carbocycles. The van der Waals surface area contributed by atoms with Crippen molar-refractivity contribution in [3.63, 3.8) is 0 Å². The van der Waals surface area contributed by atoms with E-state index in [9.17, 15) is 14.0 Å². The summed E-state index contributed by atoms with van der Waals surface area (Å²) in [6.45, 7) is 0. The van der Waals surface area contributed by atoms with Crippen molar-refractivity contribution in [3.05, 3.63) is 47.5 Å². The largest absolute Gasteiger partial charge is 0.351 e. The van der Waals surface area contributed by atoms with E-state index in [-0.39, 0.29) is 17.5 Å². The third kappa shape index (κ3) is 3.45. The van der Waals surface area contributed by atoms with Crippen LogP contribution in [0.25, 0.3) is 11.7 Å². The maximum absolute atomic E-state index is 13.2. The number of carbonyl (C=O) groups excluding carboxylic acids is 2. The highest BCUT2D eigenvalue weighted by molar-refractivity contribution is 6.14. The first-order valence-electron chi connectivity index (χ1n) is 8.94. The van der Waals surface area contributed by atoms with Gasteiger partial charge in [0, 0.05) is 17.3 Å². The van der Waals surface area contributed by atoms with E-state index < -0.39 is 11.9 Å². The third-order valence-corrected chi connectivity index (χ3v) is 4.43. The molecule has 0 bridgehead atoms. The molecule has 1 aliphatic heterocycles. The van der Waals surface area contributed by atoms with Crippen LogP contribution in [0.3, 0.4) is 0 Å². The number of anilines is 3. The molecule has 1 saturated carbocycles. The van der Waals surface area contributed by atoms with Gasteiger partial charge in [0.15, 0.2) is 5.65 Å². The Balaban J connectivity index is 1.56. The zero-order chi connectivity index (χ0) is 20.0. The van der Waals surface area contributed by atoms with E-state index >= 15 is 0 Å². The molecule has 3 amide bonds. The SMILES string of the molecule is O=C1NC(=O)/C(=C/c2cnn3c(NC4CC4)nc(Nc4ccc(F)cc4)nc23)N1. The van der Waals surface area contributed by atoms with E-state index in [0.717, 1.165) is 12.8 Å². The molecular formula is C18H15FN8O2. The number of rotatable bonds is 5. The van der Waals surface area contributed by atoms with Crippen LogP contribution < -0.4 is 21.3 Å². The van der Waals surface area contributed by atoms with Gasteiger partial charge in [-0.05, 0) is 43.2 Å². The standard InChI is InChI=1S/C18H15FN8O2/c19-10-1-3-11(4-2-10)21-16-24-14-9(7-13-15(28)25-18(29)23-13)8-20-27(14)17(26-16)22-12-5-6-12/h1-4,7-8,12H,5-6H2,(H2,21,22,24,26)(H2,23,25,28,29)/b13-7-. The zero-order valence-corrected chi connectivity index (χ0v) is 14.9. The van der Waals surface area contributed by atoms with E-state index in [4.69, 9.17) is 0 Å². The summed E-state index contributed by atoms with van der Waals surface area (Å²) in [4.78, 5) is 32.1. The van der Waals surface area contributed by atoms with E-state index in [1.165, 1.54) is 28.9 Å². The summed E-state index contributed by atoms with van der Waals surface area (Å²) in [7, 11) is 0. The van der Waals surface area contributed by atoms with Crippen molar-refractivity contribution in [1.29, 1.82) is 0 Å². The minimum absolute atomic E-state index is 0.105. The molecule has 11 heteroatoms. The van der Waals surface area contributed by atoms with Crippen molar-refractivity contribution >= 4 is 41.2 Å². The number of nitrogens with zero attached hydrogens (tertiary/aromatic N) is 4. The first-order chi connectivity index (χ1) is 14.0. The molecule has 2 aliphatic rings. The Kier molecular flexibility index (Phi) is 3.86. The zero-order valence-electron chi connectivity index (χ0n) is 14.9. The number of hydrogen-bond donors (Lipinski definition) is 4. The Bertz CT molecular complexity index is 1170. The van der Waals surface area contributed by atoms with E-state index in [1.807, 2.05) is 0 Å². The van der Waals surface area contributed by atoms with Crippen LogP contribution in [0.15, 0.2) is 36.2 Å². The topological polar surface area (TPSA) is 125 Å². The molecule has 29 heavy (non-hydrogen) atoms. The van der Waals surface area contributed by atoms with Gasteiger partial charge in [0.05, 0.1) is 6.20 Å². The summed E-state index contributed by atoms with van der Waals surface area (Å²) >= 11 is 0. The number of hydrogen-bond acceptors (Lipinski definition) is 7. The summed E-state index contributed by atoms with van der Waals surface area (Å²) in [5, 5.41) is 15.2. The average molecular weight is 394 g/mol. The Morgan fingerprint density at radius 1 is 1.14 bits per heavy atom. The molecule has 2 fully saturated rings. The van der Waals surface area contributed by atoms with Gasteiger partial charge in [-0.15, -0.1) is 0 Å². The number of fused-ring (bicyclic) bond motifs is 1. The van der Waals surface area contributed by atoms with Crippen LogP contribution in [-0.2, 0) is 4.79 Å². The van der Waals surface area contributed by atoms with Crippen molar-refractivity contribution in [2.75, 3.05) is 10.6 Å². The molecule has 146 valence electrons. The van der Waals surface area contributed by atoms with Crippen LogP contribution >= 0.6 is 0 Å². The molecule has 2 aromatic heterocycles. The third-order valence-electron chi connectivity index (χ3n) is 4.43. The molecule has 0 unspecified atom stereocenters. The molecule has 1 saturated heterocycles. The molecule has 0 spiro atoms. The summed E-state index contributed by atoms with van der Waals surface area (Å²) in [6.07, 6.45) is 5.11. The number of aromatic nitrogens is 4. The van der Waals surface area contributed by atoms with Gasteiger partial charge >= 0.3 is 6.03 Å². The predicted molar refractivity (Wildman–Crippen MR) is 102 cm³/mol. The predicted octanol–water partition coefficient (Wildman–Crippen LogP) is 1.76. The summed E-state index contributed by atoms with van der Waals surface area (Å²) in [6, 6.07) is 5.56.